The van der Waals surface area contributed by atoms with Gasteiger partial charge in [0.05, 0.1) is 12.0 Å². The molecule has 0 N–H and O–H groups in total. The fourth-order valence-electron chi connectivity index (χ4n) is 2.70. The second-order valence-electron chi connectivity index (χ2n) is 6.25. The molecule has 0 saturated carbocycles. The normalized spacial score (nSPS) is 23.1. The number of rotatable bonds is 2. The van der Waals surface area contributed by atoms with Crippen LogP contribution >= 0.6 is 0 Å². The minimum absolute atomic E-state index is 0.0681. The maximum absolute atomic E-state index is 5.87. The minimum atomic E-state index is 0.0681. The van der Waals surface area contributed by atoms with Crippen molar-refractivity contribution in [2.24, 2.45) is 5.41 Å². The zero-order chi connectivity index (χ0) is 14.2. The quantitative estimate of drug-likeness (QED) is 0.841. The summed E-state index contributed by atoms with van der Waals surface area (Å²) < 4.78 is 11.2. The van der Waals surface area contributed by atoms with Crippen molar-refractivity contribution >= 4 is 0 Å². The van der Waals surface area contributed by atoms with Crippen molar-refractivity contribution in [2.45, 2.75) is 39.2 Å². The summed E-state index contributed by atoms with van der Waals surface area (Å²) in [5.41, 5.74) is 0.962. The van der Waals surface area contributed by atoms with Gasteiger partial charge in [-0.15, -0.1) is 0 Å². The molecular weight excluding hydrogens is 254 g/mol. The number of ether oxygens (including phenoxy) is 1. The molecule has 3 rings (SSSR count). The van der Waals surface area contributed by atoms with Crippen LogP contribution in [0.1, 0.15) is 38.9 Å². The number of hydrogen-bond acceptors (Lipinski definition) is 5. The molecule has 0 amide bonds. The van der Waals surface area contributed by atoms with Gasteiger partial charge < -0.3 is 9.26 Å². The van der Waals surface area contributed by atoms with Gasteiger partial charge in [0.25, 0.3) is 5.89 Å². The van der Waals surface area contributed by atoms with E-state index in [1.54, 1.807) is 12.4 Å². The lowest BCUT2D eigenvalue weighted by molar-refractivity contribution is 0.0193. The van der Waals surface area contributed by atoms with E-state index in [1.807, 2.05) is 12.1 Å². The third kappa shape index (κ3) is 2.45. The lowest BCUT2D eigenvalue weighted by atomic mass is 9.81. The van der Waals surface area contributed by atoms with E-state index in [1.165, 1.54) is 0 Å². The molecule has 5 nitrogen and oxygen atoms in total. The molecule has 1 saturated heterocycles. The van der Waals surface area contributed by atoms with Crippen molar-refractivity contribution in [3.8, 4) is 11.5 Å². The maximum atomic E-state index is 5.87. The fourth-order valence-corrected chi connectivity index (χ4v) is 2.70. The molecule has 0 aromatic carbocycles. The highest BCUT2D eigenvalue weighted by Gasteiger charge is 2.40. The Balaban J connectivity index is 1.87. The third-order valence-electron chi connectivity index (χ3n) is 3.65. The molecule has 1 fully saturated rings. The average Bonchev–Trinajstić information content (AvgIpc) is 3.08. The summed E-state index contributed by atoms with van der Waals surface area (Å²) in [5.74, 6) is 1.49. The first-order chi connectivity index (χ1) is 9.55. The molecule has 0 aliphatic carbocycles. The molecular formula is C15H19N3O2. The van der Waals surface area contributed by atoms with E-state index in [0.717, 1.165) is 24.4 Å². The summed E-state index contributed by atoms with van der Waals surface area (Å²) in [6, 6.07) is 3.73. The average molecular weight is 273 g/mol. The Morgan fingerprint density at radius 2 is 1.95 bits per heavy atom. The number of pyridine rings is 1. The summed E-state index contributed by atoms with van der Waals surface area (Å²) in [7, 11) is 0. The zero-order valence-electron chi connectivity index (χ0n) is 12.0. The highest BCUT2D eigenvalue weighted by atomic mass is 16.5. The van der Waals surface area contributed by atoms with Gasteiger partial charge in [-0.25, -0.2) is 0 Å². The first-order valence-corrected chi connectivity index (χ1v) is 6.91. The highest BCUT2D eigenvalue weighted by Crippen LogP contribution is 2.40. The topological polar surface area (TPSA) is 61.0 Å². The van der Waals surface area contributed by atoms with Crippen LogP contribution in [-0.2, 0) is 4.74 Å². The van der Waals surface area contributed by atoms with Gasteiger partial charge in [0.1, 0.15) is 0 Å². The van der Waals surface area contributed by atoms with Crippen LogP contribution in [0.25, 0.3) is 11.5 Å². The Bertz CT molecular complexity index is 574. The van der Waals surface area contributed by atoms with Crippen LogP contribution in [-0.4, -0.2) is 27.8 Å². The van der Waals surface area contributed by atoms with Crippen LogP contribution in [0.3, 0.4) is 0 Å². The predicted molar refractivity (Wildman–Crippen MR) is 74.1 cm³/mol. The highest BCUT2D eigenvalue weighted by molar-refractivity contribution is 5.51. The van der Waals surface area contributed by atoms with Crippen LogP contribution < -0.4 is 0 Å². The SMILES string of the molecule is CC(C)(C)[C@H]1OCC[C@@H]1c1noc(-c2ccncc2)n1. The molecule has 20 heavy (non-hydrogen) atoms. The molecule has 3 heterocycles. The molecule has 1 aliphatic rings. The molecule has 0 bridgehead atoms. The van der Waals surface area contributed by atoms with Crippen molar-refractivity contribution in [2.75, 3.05) is 6.61 Å². The maximum Gasteiger partial charge on any atom is 0.258 e. The van der Waals surface area contributed by atoms with Crippen molar-refractivity contribution in [3.63, 3.8) is 0 Å². The molecule has 106 valence electrons. The molecule has 2 aromatic rings. The molecule has 1 aliphatic heterocycles. The Labute approximate surface area is 118 Å². The van der Waals surface area contributed by atoms with Crippen LogP contribution in [0.2, 0.25) is 0 Å². The molecule has 2 aromatic heterocycles. The lowest BCUT2D eigenvalue weighted by Gasteiger charge is -2.29. The largest absolute Gasteiger partial charge is 0.377 e. The first kappa shape index (κ1) is 13.2. The van der Waals surface area contributed by atoms with Gasteiger partial charge >= 0.3 is 0 Å². The fraction of sp³-hybridized carbons (Fsp3) is 0.533. The lowest BCUT2D eigenvalue weighted by Crippen LogP contribution is -2.30. The van der Waals surface area contributed by atoms with Crippen LogP contribution in [0.4, 0.5) is 0 Å². The van der Waals surface area contributed by atoms with Crippen LogP contribution in [0.5, 0.6) is 0 Å². The summed E-state index contributed by atoms with van der Waals surface area (Å²) in [6.07, 6.45) is 4.51. The number of hydrogen-bond donors (Lipinski definition) is 0. The van der Waals surface area contributed by atoms with Gasteiger partial charge in [0.2, 0.25) is 0 Å². The predicted octanol–water partition coefficient (Wildman–Crippen LogP) is 3.05. The van der Waals surface area contributed by atoms with E-state index in [4.69, 9.17) is 9.26 Å². The Morgan fingerprint density at radius 3 is 2.65 bits per heavy atom. The van der Waals surface area contributed by atoms with E-state index in [2.05, 4.69) is 35.9 Å². The monoisotopic (exact) mass is 273 g/mol. The Hall–Kier alpha value is -1.75. The first-order valence-electron chi connectivity index (χ1n) is 6.91. The summed E-state index contributed by atoms with van der Waals surface area (Å²) in [5, 5.41) is 4.15. The van der Waals surface area contributed by atoms with E-state index in [-0.39, 0.29) is 17.4 Å². The molecule has 5 heteroatoms. The molecule has 0 radical (unpaired) electrons. The van der Waals surface area contributed by atoms with E-state index < -0.39 is 0 Å². The van der Waals surface area contributed by atoms with Crippen molar-refractivity contribution in [1.82, 2.24) is 15.1 Å². The standard InChI is InChI=1S/C15H19N3O2/c1-15(2,3)12-11(6-9-19-12)13-17-14(20-18-13)10-4-7-16-8-5-10/h4-5,7-8,11-12H,6,9H2,1-3H3/t11-,12-/m0/s1. The molecule has 0 unspecified atom stereocenters. The van der Waals surface area contributed by atoms with Crippen LogP contribution in [0.15, 0.2) is 29.0 Å². The van der Waals surface area contributed by atoms with Gasteiger partial charge in [-0.3, -0.25) is 4.98 Å². The molecule has 2 atom stereocenters. The second kappa shape index (κ2) is 4.98. The summed E-state index contributed by atoms with van der Waals surface area (Å²) in [4.78, 5) is 8.53. The zero-order valence-corrected chi connectivity index (χ0v) is 12.0. The van der Waals surface area contributed by atoms with Gasteiger partial charge in [0, 0.05) is 24.6 Å². The van der Waals surface area contributed by atoms with E-state index in [9.17, 15) is 0 Å². The van der Waals surface area contributed by atoms with Gasteiger partial charge in [-0.2, -0.15) is 4.98 Å². The smallest absolute Gasteiger partial charge is 0.258 e. The minimum Gasteiger partial charge on any atom is -0.377 e. The Morgan fingerprint density at radius 1 is 1.20 bits per heavy atom. The third-order valence-corrected chi connectivity index (χ3v) is 3.65. The number of aromatic nitrogens is 3. The Kier molecular flexibility index (Phi) is 3.30. The van der Waals surface area contributed by atoms with E-state index >= 15 is 0 Å². The van der Waals surface area contributed by atoms with Crippen molar-refractivity contribution in [3.05, 3.63) is 30.4 Å². The van der Waals surface area contributed by atoms with Crippen LogP contribution in [0, 0.1) is 5.41 Å². The van der Waals surface area contributed by atoms with Gasteiger partial charge in [-0.1, -0.05) is 25.9 Å². The van der Waals surface area contributed by atoms with Gasteiger partial charge in [-0.05, 0) is 24.0 Å². The number of nitrogens with zero attached hydrogens (tertiary/aromatic N) is 3. The van der Waals surface area contributed by atoms with Crippen molar-refractivity contribution < 1.29 is 9.26 Å². The summed E-state index contributed by atoms with van der Waals surface area (Å²) >= 11 is 0. The van der Waals surface area contributed by atoms with E-state index in [0.29, 0.717) is 5.89 Å². The summed E-state index contributed by atoms with van der Waals surface area (Å²) in [6.45, 7) is 7.30. The second-order valence-corrected chi connectivity index (χ2v) is 6.25. The molecule has 0 spiro atoms. The van der Waals surface area contributed by atoms with Gasteiger partial charge in [0.15, 0.2) is 5.82 Å². The van der Waals surface area contributed by atoms with Crippen molar-refractivity contribution in [1.29, 1.82) is 0 Å².